The molecule has 1 unspecified atom stereocenters. The van der Waals surface area contributed by atoms with E-state index in [1.807, 2.05) is 66.7 Å². The van der Waals surface area contributed by atoms with Gasteiger partial charge in [-0.25, -0.2) is 9.59 Å². The number of amides is 2. The third kappa shape index (κ3) is 6.40. The second kappa shape index (κ2) is 12.7. The van der Waals surface area contributed by atoms with Gasteiger partial charge in [-0.3, -0.25) is 9.59 Å². The summed E-state index contributed by atoms with van der Waals surface area (Å²) in [5, 5.41) is 12.2. The average molecular weight is 557 g/mol. The summed E-state index contributed by atoms with van der Waals surface area (Å²) in [4.78, 5) is 52.4. The van der Waals surface area contributed by atoms with E-state index in [0.717, 1.165) is 27.8 Å². The first kappa shape index (κ1) is 27.9. The maximum Gasteiger partial charge on any atom is 0.407 e. The minimum absolute atomic E-state index is 0.00694. The van der Waals surface area contributed by atoms with E-state index in [1.165, 1.54) is 4.90 Å². The molecule has 1 heterocycles. The molecule has 41 heavy (non-hydrogen) atoms. The number of likely N-dealkylation sites (tertiary alicyclic amines) is 1. The number of ether oxygens (including phenoxy) is 2. The number of carbonyl (C=O) groups is 4. The second-order valence-electron chi connectivity index (χ2n) is 10.3. The Balaban J connectivity index is 1.28. The van der Waals surface area contributed by atoms with Crippen LogP contribution in [0.1, 0.15) is 48.3 Å². The summed E-state index contributed by atoms with van der Waals surface area (Å²) in [6, 6.07) is 22.6. The molecule has 2 amide bonds. The molecule has 2 aliphatic rings. The van der Waals surface area contributed by atoms with Gasteiger partial charge in [-0.1, -0.05) is 78.9 Å². The Morgan fingerprint density at radius 1 is 0.854 bits per heavy atom. The number of nitrogens with one attached hydrogen (secondary N) is 1. The van der Waals surface area contributed by atoms with E-state index in [4.69, 9.17) is 9.47 Å². The van der Waals surface area contributed by atoms with Crippen molar-refractivity contribution in [3.8, 4) is 11.1 Å². The normalized spacial score (nSPS) is 16.7. The molecule has 0 saturated carbocycles. The largest absolute Gasteiger partial charge is 0.480 e. The predicted octanol–water partition coefficient (Wildman–Crippen LogP) is 4.49. The van der Waals surface area contributed by atoms with E-state index in [1.54, 1.807) is 12.1 Å². The van der Waals surface area contributed by atoms with Gasteiger partial charge in [0.25, 0.3) is 0 Å². The Labute approximate surface area is 238 Å². The van der Waals surface area contributed by atoms with Gasteiger partial charge in [0, 0.05) is 12.5 Å². The molecule has 212 valence electrons. The number of piperidine rings is 1. The van der Waals surface area contributed by atoms with Gasteiger partial charge in [-0.2, -0.15) is 0 Å². The van der Waals surface area contributed by atoms with Crippen LogP contribution in [0, 0.1) is 0 Å². The standard InChI is InChI=1S/C32H32N2O7/c35-29(40-19-21-10-2-1-3-11-21)18-27(30(36)34-17-9-8-16-28(34)31(37)38)33-32(39)41-20-26-24-14-6-4-12-22(24)23-13-5-7-15-25(23)26/h1-7,10-15,26-28H,8-9,16-20H2,(H,33,39)(H,37,38)/t27-,28?/m0/s1. The molecule has 3 aromatic rings. The Kier molecular flexibility index (Phi) is 8.62. The van der Waals surface area contributed by atoms with Gasteiger partial charge in [0.1, 0.15) is 25.3 Å². The average Bonchev–Trinajstić information content (AvgIpc) is 3.32. The van der Waals surface area contributed by atoms with Crippen molar-refractivity contribution in [3.63, 3.8) is 0 Å². The zero-order chi connectivity index (χ0) is 28.8. The number of alkyl carbamates (subject to hydrolysis) is 1. The summed E-state index contributed by atoms with van der Waals surface area (Å²) in [5.74, 6) is -2.65. The van der Waals surface area contributed by atoms with E-state index in [-0.39, 0.29) is 25.7 Å². The van der Waals surface area contributed by atoms with Gasteiger partial charge in [0.2, 0.25) is 5.91 Å². The monoisotopic (exact) mass is 556 g/mol. The van der Waals surface area contributed by atoms with Crippen LogP contribution in [0.4, 0.5) is 4.79 Å². The molecular weight excluding hydrogens is 524 g/mol. The lowest BCUT2D eigenvalue weighted by atomic mass is 9.98. The van der Waals surface area contributed by atoms with Crippen molar-refractivity contribution < 1.29 is 33.8 Å². The van der Waals surface area contributed by atoms with E-state index >= 15 is 0 Å². The molecule has 2 atom stereocenters. The van der Waals surface area contributed by atoms with Crippen LogP contribution in [-0.4, -0.2) is 59.2 Å². The van der Waals surface area contributed by atoms with Crippen molar-refractivity contribution in [2.45, 2.75) is 50.3 Å². The quantitative estimate of drug-likeness (QED) is 0.372. The predicted molar refractivity (Wildman–Crippen MR) is 150 cm³/mol. The number of fused-ring (bicyclic) bond motifs is 3. The Bertz CT molecular complexity index is 1380. The number of carboxylic acids is 1. The minimum Gasteiger partial charge on any atom is -0.480 e. The van der Waals surface area contributed by atoms with E-state index < -0.39 is 42.4 Å². The summed E-state index contributed by atoms with van der Waals surface area (Å²) in [6.45, 7) is 0.255. The minimum atomic E-state index is -1.34. The lowest BCUT2D eigenvalue weighted by Gasteiger charge is -2.35. The SMILES string of the molecule is O=C(C[C@H](NC(=O)OCC1c2ccccc2-c2ccccc21)C(=O)N1CCCCC1C(=O)O)OCc1ccccc1. The molecule has 1 aliphatic heterocycles. The molecule has 3 aromatic carbocycles. The third-order valence-corrected chi connectivity index (χ3v) is 7.62. The fourth-order valence-corrected chi connectivity index (χ4v) is 5.60. The Hall–Kier alpha value is -4.66. The van der Waals surface area contributed by atoms with Crippen LogP contribution < -0.4 is 5.32 Å². The molecule has 9 heteroatoms. The van der Waals surface area contributed by atoms with Crippen LogP contribution >= 0.6 is 0 Å². The zero-order valence-electron chi connectivity index (χ0n) is 22.5. The fourth-order valence-electron chi connectivity index (χ4n) is 5.60. The molecule has 0 bridgehead atoms. The van der Waals surface area contributed by atoms with Crippen LogP contribution in [0.5, 0.6) is 0 Å². The molecule has 0 radical (unpaired) electrons. The van der Waals surface area contributed by atoms with Gasteiger partial charge >= 0.3 is 18.0 Å². The highest BCUT2D eigenvalue weighted by atomic mass is 16.5. The molecular formula is C32H32N2O7. The first-order valence-corrected chi connectivity index (χ1v) is 13.8. The summed E-state index contributed by atoms with van der Waals surface area (Å²) in [5.41, 5.74) is 5.01. The highest BCUT2D eigenvalue weighted by Crippen LogP contribution is 2.44. The highest BCUT2D eigenvalue weighted by Gasteiger charge is 2.38. The number of esters is 1. The number of carboxylic acid groups (broad SMARTS) is 1. The summed E-state index contributed by atoms with van der Waals surface area (Å²) >= 11 is 0. The van der Waals surface area contributed by atoms with E-state index in [9.17, 15) is 24.3 Å². The lowest BCUT2D eigenvalue weighted by molar-refractivity contribution is -0.154. The van der Waals surface area contributed by atoms with E-state index in [2.05, 4.69) is 5.32 Å². The number of hydrogen-bond acceptors (Lipinski definition) is 6. The molecule has 0 aromatic heterocycles. The Morgan fingerprint density at radius 3 is 2.15 bits per heavy atom. The lowest BCUT2D eigenvalue weighted by Crippen LogP contribution is -2.56. The molecule has 1 saturated heterocycles. The number of aliphatic carboxylic acids is 1. The smallest absolute Gasteiger partial charge is 0.407 e. The van der Waals surface area contributed by atoms with Gasteiger partial charge in [0.15, 0.2) is 0 Å². The van der Waals surface area contributed by atoms with Gasteiger partial charge in [-0.05, 0) is 47.1 Å². The number of rotatable bonds is 9. The van der Waals surface area contributed by atoms with Crippen LogP contribution in [-0.2, 0) is 30.5 Å². The van der Waals surface area contributed by atoms with Crippen LogP contribution in [0.3, 0.4) is 0 Å². The van der Waals surface area contributed by atoms with Crippen molar-refractivity contribution in [1.82, 2.24) is 10.2 Å². The van der Waals surface area contributed by atoms with Gasteiger partial charge in [0.05, 0.1) is 6.42 Å². The maximum atomic E-state index is 13.5. The van der Waals surface area contributed by atoms with E-state index in [0.29, 0.717) is 19.3 Å². The second-order valence-corrected chi connectivity index (χ2v) is 10.3. The molecule has 5 rings (SSSR count). The van der Waals surface area contributed by atoms with Gasteiger partial charge < -0.3 is 24.8 Å². The van der Waals surface area contributed by atoms with Crippen LogP contribution in [0.15, 0.2) is 78.9 Å². The topological polar surface area (TPSA) is 122 Å². The molecule has 9 nitrogen and oxygen atoms in total. The summed E-state index contributed by atoms with van der Waals surface area (Å²) in [6.07, 6.45) is 0.274. The van der Waals surface area contributed by atoms with Gasteiger partial charge in [-0.15, -0.1) is 0 Å². The van der Waals surface area contributed by atoms with Crippen LogP contribution in [0.2, 0.25) is 0 Å². The maximum absolute atomic E-state index is 13.5. The molecule has 0 spiro atoms. The molecule has 2 N–H and O–H groups in total. The molecule has 1 aliphatic carbocycles. The number of nitrogens with zero attached hydrogens (tertiary/aromatic N) is 1. The first-order chi connectivity index (χ1) is 19.9. The zero-order valence-corrected chi connectivity index (χ0v) is 22.5. The number of benzene rings is 3. The van der Waals surface area contributed by atoms with Crippen molar-refractivity contribution in [1.29, 1.82) is 0 Å². The number of carbonyl (C=O) groups excluding carboxylic acids is 3. The number of hydrogen-bond donors (Lipinski definition) is 2. The van der Waals surface area contributed by atoms with Crippen molar-refractivity contribution >= 4 is 23.9 Å². The molecule has 1 fully saturated rings. The van der Waals surface area contributed by atoms with Crippen molar-refractivity contribution in [3.05, 3.63) is 95.6 Å². The summed E-state index contributed by atoms with van der Waals surface area (Å²) in [7, 11) is 0. The Morgan fingerprint density at radius 2 is 1.49 bits per heavy atom. The first-order valence-electron chi connectivity index (χ1n) is 13.8. The van der Waals surface area contributed by atoms with Crippen molar-refractivity contribution in [2.24, 2.45) is 0 Å². The highest BCUT2D eigenvalue weighted by molar-refractivity contribution is 5.92. The van der Waals surface area contributed by atoms with Crippen LogP contribution in [0.25, 0.3) is 11.1 Å². The van der Waals surface area contributed by atoms with Crippen molar-refractivity contribution in [2.75, 3.05) is 13.2 Å². The summed E-state index contributed by atoms with van der Waals surface area (Å²) < 4.78 is 11.0. The third-order valence-electron chi connectivity index (χ3n) is 7.62. The fraction of sp³-hybridized carbons (Fsp3) is 0.312.